The van der Waals surface area contributed by atoms with Gasteiger partial charge >= 0.3 is 0 Å². The Morgan fingerprint density at radius 2 is 2.48 bits per heavy atom. The van der Waals surface area contributed by atoms with Gasteiger partial charge in [0.2, 0.25) is 0 Å². The van der Waals surface area contributed by atoms with Gasteiger partial charge in [0.15, 0.2) is 5.96 Å². The van der Waals surface area contributed by atoms with Gasteiger partial charge in [-0.3, -0.25) is 4.99 Å². The summed E-state index contributed by atoms with van der Waals surface area (Å²) in [4.78, 5) is 6.54. The monoisotopic (exact) mass is 426 g/mol. The van der Waals surface area contributed by atoms with Crippen molar-refractivity contribution in [1.29, 1.82) is 0 Å². The zero-order chi connectivity index (χ0) is 14.4. The van der Waals surface area contributed by atoms with Gasteiger partial charge in [0.1, 0.15) is 12.0 Å². The summed E-state index contributed by atoms with van der Waals surface area (Å²) < 4.78 is 4.83. The van der Waals surface area contributed by atoms with Crippen molar-refractivity contribution in [3.63, 3.8) is 0 Å². The van der Waals surface area contributed by atoms with Gasteiger partial charge in [-0.05, 0) is 19.1 Å². The highest BCUT2D eigenvalue weighted by Gasteiger charge is 2.31. The second-order valence-corrected chi connectivity index (χ2v) is 6.15. The molecule has 1 aromatic rings. The summed E-state index contributed by atoms with van der Waals surface area (Å²) in [6.45, 7) is 3.87. The lowest BCUT2D eigenvalue weighted by atomic mass is 10.1. The minimum Gasteiger partial charge on any atom is -0.387 e. The number of hydrogen-bond donors (Lipinski definition) is 2. The lowest BCUT2D eigenvalue weighted by molar-refractivity contribution is 0.0776. The van der Waals surface area contributed by atoms with Crippen LogP contribution in [0.25, 0.3) is 0 Å². The molecule has 1 fully saturated rings. The topological polar surface area (TPSA) is 73.9 Å². The van der Waals surface area contributed by atoms with E-state index in [1.807, 2.05) is 24.9 Å². The fraction of sp³-hybridized carbons (Fsp3) is 0.692. The van der Waals surface area contributed by atoms with E-state index in [1.54, 1.807) is 18.0 Å². The number of hydrogen-bond acceptors (Lipinski definition) is 5. The maximum absolute atomic E-state index is 10.3. The van der Waals surface area contributed by atoms with Gasteiger partial charge in [0.25, 0.3) is 0 Å². The van der Waals surface area contributed by atoms with Crippen LogP contribution in [0.1, 0.15) is 19.0 Å². The van der Waals surface area contributed by atoms with Gasteiger partial charge < -0.3 is 19.8 Å². The Bertz CT molecular complexity index is 435. The van der Waals surface area contributed by atoms with Crippen molar-refractivity contribution >= 4 is 41.7 Å². The van der Waals surface area contributed by atoms with Gasteiger partial charge in [0.05, 0.1) is 18.7 Å². The quantitative estimate of drug-likeness (QED) is 0.423. The van der Waals surface area contributed by atoms with E-state index in [9.17, 15) is 5.11 Å². The van der Waals surface area contributed by atoms with Gasteiger partial charge in [-0.2, -0.15) is 11.8 Å². The van der Waals surface area contributed by atoms with Crippen molar-refractivity contribution in [1.82, 2.24) is 15.4 Å². The van der Waals surface area contributed by atoms with E-state index in [2.05, 4.69) is 15.5 Å². The van der Waals surface area contributed by atoms with Crippen LogP contribution in [0.3, 0.4) is 0 Å². The normalized spacial score (nSPS) is 22.0. The highest BCUT2D eigenvalue weighted by Crippen LogP contribution is 2.27. The summed E-state index contributed by atoms with van der Waals surface area (Å²) in [5.74, 6) is 2.56. The Hall–Kier alpha value is -0.480. The molecule has 120 valence electrons. The molecule has 1 aliphatic rings. The zero-order valence-electron chi connectivity index (χ0n) is 12.4. The number of halogens is 1. The highest BCUT2D eigenvalue weighted by molar-refractivity contribution is 14.0. The lowest BCUT2D eigenvalue weighted by Crippen LogP contribution is -2.41. The largest absolute Gasteiger partial charge is 0.387 e. The third-order valence-corrected chi connectivity index (χ3v) is 4.43. The van der Waals surface area contributed by atoms with E-state index >= 15 is 0 Å². The second-order valence-electron chi connectivity index (χ2n) is 5.04. The molecule has 2 heterocycles. The fourth-order valence-corrected chi connectivity index (χ4v) is 3.33. The van der Waals surface area contributed by atoms with Gasteiger partial charge in [0, 0.05) is 25.4 Å². The maximum atomic E-state index is 10.3. The number of aliphatic hydroxyl groups is 1. The van der Waals surface area contributed by atoms with Crippen molar-refractivity contribution in [2.75, 3.05) is 31.6 Å². The number of rotatable bonds is 5. The van der Waals surface area contributed by atoms with Crippen LogP contribution in [0, 0.1) is 0 Å². The first-order chi connectivity index (χ1) is 9.63. The summed E-state index contributed by atoms with van der Waals surface area (Å²) >= 11 is 1.78. The predicted molar refractivity (Wildman–Crippen MR) is 96.3 cm³/mol. The first kappa shape index (κ1) is 18.6. The van der Waals surface area contributed by atoms with Crippen LogP contribution in [-0.2, 0) is 6.54 Å². The zero-order valence-corrected chi connectivity index (χ0v) is 15.6. The number of aromatic nitrogens is 1. The van der Waals surface area contributed by atoms with E-state index in [0.29, 0.717) is 13.1 Å². The van der Waals surface area contributed by atoms with E-state index in [-0.39, 0.29) is 24.0 Å². The van der Waals surface area contributed by atoms with E-state index < -0.39 is 5.60 Å². The molecule has 0 aromatic carbocycles. The molecule has 1 atom stereocenters. The number of guanidine groups is 1. The standard InChI is InChI=1S/C13H22N4O2S.HI/c1-3-14-12(15-9-13(18)5-7-20-10-13)17(2)8-11-4-6-19-16-11;/h4,6,18H,3,5,7-10H2,1-2H3,(H,14,15);1H. The summed E-state index contributed by atoms with van der Waals surface area (Å²) in [6, 6.07) is 1.83. The molecule has 2 N–H and O–H groups in total. The van der Waals surface area contributed by atoms with E-state index in [1.165, 1.54) is 0 Å². The fourth-order valence-electron chi connectivity index (χ4n) is 2.05. The summed E-state index contributed by atoms with van der Waals surface area (Å²) in [5.41, 5.74) is 0.202. The molecule has 21 heavy (non-hydrogen) atoms. The van der Waals surface area contributed by atoms with Crippen LogP contribution in [-0.4, -0.2) is 58.4 Å². The average molecular weight is 426 g/mol. The first-order valence-corrected chi connectivity index (χ1v) is 7.97. The lowest BCUT2D eigenvalue weighted by Gasteiger charge is -2.24. The molecule has 0 aliphatic carbocycles. The van der Waals surface area contributed by atoms with Crippen LogP contribution < -0.4 is 5.32 Å². The van der Waals surface area contributed by atoms with Crippen LogP contribution in [0.5, 0.6) is 0 Å². The summed E-state index contributed by atoms with van der Waals surface area (Å²) in [5, 5.41) is 17.5. The van der Waals surface area contributed by atoms with Gasteiger partial charge in [-0.15, -0.1) is 24.0 Å². The number of nitrogens with zero attached hydrogens (tertiary/aromatic N) is 3. The molecule has 1 aromatic heterocycles. The highest BCUT2D eigenvalue weighted by atomic mass is 127. The third kappa shape index (κ3) is 5.67. The maximum Gasteiger partial charge on any atom is 0.194 e. The molecule has 2 rings (SSSR count). The Kier molecular flexibility index (Phi) is 7.82. The molecular formula is C13H23IN4O2S. The Morgan fingerprint density at radius 1 is 1.67 bits per heavy atom. The molecular weight excluding hydrogens is 403 g/mol. The van der Waals surface area contributed by atoms with Crippen LogP contribution in [0.15, 0.2) is 21.8 Å². The molecule has 6 nitrogen and oxygen atoms in total. The Labute approximate surface area is 146 Å². The van der Waals surface area contributed by atoms with Crippen molar-refractivity contribution < 1.29 is 9.63 Å². The van der Waals surface area contributed by atoms with Crippen molar-refractivity contribution in [2.45, 2.75) is 25.5 Å². The van der Waals surface area contributed by atoms with Crippen LogP contribution in [0.2, 0.25) is 0 Å². The number of aliphatic imine (C=N–C) groups is 1. The molecule has 1 saturated heterocycles. The predicted octanol–water partition coefficient (Wildman–Crippen LogP) is 1.56. The van der Waals surface area contributed by atoms with E-state index in [4.69, 9.17) is 4.52 Å². The minimum atomic E-state index is -0.653. The summed E-state index contributed by atoms with van der Waals surface area (Å²) in [6.07, 6.45) is 2.37. The van der Waals surface area contributed by atoms with Crippen LogP contribution >= 0.6 is 35.7 Å². The van der Waals surface area contributed by atoms with Crippen molar-refractivity contribution in [3.8, 4) is 0 Å². The van der Waals surface area contributed by atoms with Crippen molar-refractivity contribution in [3.05, 3.63) is 18.0 Å². The van der Waals surface area contributed by atoms with Gasteiger partial charge in [-0.25, -0.2) is 0 Å². The molecule has 0 spiro atoms. The minimum absolute atomic E-state index is 0. The second kappa shape index (κ2) is 8.84. The Balaban J connectivity index is 0.00000220. The number of nitrogens with one attached hydrogen (secondary N) is 1. The average Bonchev–Trinajstić information content (AvgIpc) is 3.06. The smallest absolute Gasteiger partial charge is 0.194 e. The molecule has 8 heteroatoms. The SMILES string of the molecule is CCNC(=NCC1(O)CCSC1)N(C)Cc1ccon1.I. The molecule has 0 amide bonds. The van der Waals surface area contributed by atoms with Crippen molar-refractivity contribution in [2.24, 2.45) is 4.99 Å². The summed E-state index contributed by atoms with van der Waals surface area (Å²) in [7, 11) is 1.95. The Morgan fingerprint density at radius 3 is 3.05 bits per heavy atom. The molecule has 0 saturated carbocycles. The van der Waals surface area contributed by atoms with E-state index in [0.717, 1.165) is 36.1 Å². The third-order valence-electron chi connectivity index (χ3n) is 3.19. The van der Waals surface area contributed by atoms with Gasteiger partial charge in [-0.1, -0.05) is 5.16 Å². The molecule has 0 bridgehead atoms. The molecule has 1 aliphatic heterocycles. The number of thioether (sulfide) groups is 1. The first-order valence-electron chi connectivity index (χ1n) is 6.82. The van der Waals surface area contributed by atoms with Crippen LogP contribution in [0.4, 0.5) is 0 Å². The molecule has 0 radical (unpaired) electrons. The molecule has 1 unspecified atom stereocenters.